The van der Waals surface area contributed by atoms with Crippen molar-refractivity contribution in [2.75, 3.05) is 13.2 Å². The molecule has 72 valence electrons. The number of hydrogen-bond acceptors (Lipinski definition) is 2. The molecule has 0 aliphatic carbocycles. The molecule has 0 aromatic rings. The molecule has 0 N–H and O–H groups in total. The molecule has 0 saturated carbocycles. The van der Waals surface area contributed by atoms with Crippen LogP contribution >= 0.6 is 0 Å². The molecule has 1 aliphatic rings. The summed E-state index contributed by atoms with van der Waals surface area (Å²) in [5, 5.41) is 0. The highest BCUT2D eigenvalue weighted by Crippen LogP contribution is 2.31. The van der Waals surface area contributed by atoms with Crippen molar-refractivity contribution in [2.24, 2.45) is 0 Å². The standard InChI is InChI=1S/C9H20O2Si/c1-4-10-9-7-11-12(5-2,6-3)8-9/h9H,4-8H2,1-3H3. The van der Waals surface area contributed by atoms with Crippen LogP contribution in [0.5, 0.6) is 0 Å². The van der Waals surface area contributed by atoms with E-state index in [9.17, 15) is 0 Å². The Morgan fingerprint density at radius 2 is 2.00 bits per heavy atom. The van der Waals surface area contributed by atoms with E-state index in [2.05, 4.69) is 20.8 Å². The average Bonchev–Trinajstić information content (AvgIpc) is 2.50. The van der Waals surface area contributed by atoms with Gasteiger partial charge in [0.2, 0.25) is 0 Å². The van der Waals surface area contributed by atoms with Gasteiger partial charge >= 0.3 is 0 Å². The van der Waals surface area contributed by atoms with Crippen LogP contribution in [0.3, 0.4) is 0 Å². The molecule has 0 bridgehead atoms. The largest absolute Gasteiger partial charge is 0.414 e. The third-order valence-electron chi connectivity index (χ3n) is 2.87. The summed E-state index contributed by atoms with van der Waals surface area (Å²) in [6, 6.07) is 3.70. The summed E-state index contributed by atoms with van der Waals surface area (Å²) in [6.07, 6.45) is 0.404. The van der Waals surface area contributed by atoms with Gasteiger partial charge in [0, 0.05) is 6.61 Å². The van der Waals surface area contributed by atoms with Crippen molar-refractivity contribution in [3.63, 3.8) is 0 Å². The fraction of sp³-hybridized carbons (Fsp3) is 1.00. The number of rotatable bonds is 4. The van der Waals surface area contributed by atoms with Crippen molar-refractivity contribution in [1.29, 1.82) is 0 Å². The summed E-state index contributed by atoms with van der Waals surface area (Å²) in [7, 11) is -1.31. The third kappa shape index (κ3) is 2.09. The van der Waals surface area contributed by atoms with E-state index >= 15 is 0 Å². The highest BCUT2D eigenvalue weighted by molar-refractivity contribution is 6.74. The second-order valence-corrected chi connectivity index (χ2v) is 7.96. The molecule has 2 nitrogen and oxygen atoms in total. The molecule has 0 aromatic heterocycles. The van der Waals surface area contributed by atoms with E-state index < -0.39 is 8.32 Å². The minimum atomic E-state index is -1.31. The molecule has 0 spiro atoms. The van der Waals surface area contributed by atoms with E-state index in [1.54, 1.807) is 0 Å². The molecule has 3 heteroatoms. The number of ether oxygens (including phenoxy) is 1. The minimum absolute atomic E-state index is 0.404. The second-order valence-electron chi connectivity index (χ2n) is 3.48. The quantitative estimate of drug-likeness (QED) is 0.631. The predicted octanol–water partition coefficient (Wildman–Crippen LogP) is 2.41. The Labute approximate surface area is 76.4 Å². The Hall–Kier alpha value is 0.137. The second kappa shape index (κ2) is 4.39. The van der Waals surface area contributed by atoms with Gasteiger partial charge in [0.15, 0.2) is 8.32 Å². The van der Waals surface area contributed by atoms with Gasteiger partial charge < -0.3 is 9.16 Å². The predicted molar refractivity (Wildman–Crippen MR) is 52.9 cm³/mol. The summed E-state index contributed by atoms with van der Waals surface area (Å²) in [5.41, 5.74) is 0. The lowest BCUT2D eigenvalue weighted by molar-refractivity contribution is 0.0595. The molecule has 1 atom stereocenters. The van der Waals surface area contributed by atoms with Crippen molar-refractivity contribution in [2.45, 2.75) is 45.0 Å². The topological polar surface area (TPSA) is 18.5 Å². The molecule has 0 radical (unpaired) electrons. The van der Waals surface area contributed by atoms with Crippen LogP contribution in [0.2, 0.25) is 18.1 Å². The molecule has 1 rings (SSSR count). The lowest BCUT2D eigenvalue weighted by Gasteiger charge is -2.21. The van der Waals surface area contributed by atoms with Crippen LogP contribution in [-0.4, -0.2) is 27.6 Å². The molecule has 1 unspecified atom stereocenters. The summed E-state index contributed by atoms with van der Waals surface area (Å²) in [4.78, 5) is 0. The Bertz CT molecular complexity index is 134. The molecule has 1 saturated heterocycles. The number of hydrogen-bond donors (Lipinski definition) is 0. The van der Waals surface area contributed by atoms with Gasteiger partial charge in [-0.15, -0.1) is 0 Å². The van der Waals surface area contributed by atoms with Gasteiger partial charge in [0.05, 0.1) is 12.7 Å². The van der Waals surface area contributed by atoms with Gasteiger partial charge in [-0.05, 0) is 25.1 Å². The third-order valence-corrected chi connectivity index (χ3v) is 7.42. The summed E-state index contributed by atoms with van der Waals surface area (Å²) in [6.45, 7) is 8.24. The van der Waals surface area contributed by atoms with E-state index in [1.165, 1.54) is 18.1 Å². The van der Waals surface area contributed by atoms with Crippen molar-refractivity contribution in [1.82, 2.24) is 0 Å². The van der Waals surface area contributed by atoms with Gasteiger partial charge in [0.25, 0.3) is 0 Å². The van der Waals surface area contributed by atoms with Gasteiger partial charge in [0.1, 0.15) is 0 Å². The zero-order valence-corrected chi connectivity index (χ0v) is 9.43. The first kappa shape index (κ1) is 10.2. The maximum atomic E-state index is 5.92. The first-order valence-corrected chi connectivity index (χ1v) is 7.55. The molecule has 0 aromatic carbocycles. The first-order valence-electron chi connectivity index (χ1n) is 5.02. The van der Waals surface area contributed by atoms with Crippen molar-refractivity contribution in [3.8, 4) is 0 Å². The van der Waals surface area contributed by atoms with Crippen molar-refractivity contribution < 1.29 is 9.16 Å². The zero-order valence-electron chi connectivity index (χ0n) is 8.43. The SMILES string of the molecule is CCOC1CO[Si](CC)(CC)C1. The fourth-order valence-corrected chi connectivity index (χ4v) is 5.10. The van der Waals surface area contributed by atoms with Crippen LogP contribution in [0, 0.1) is 0 Å². The molecular formula is C9H20O2Si. The summed E-state index contributed by atoms with van der Waals surface area (Å²) >= 11 is 0. The van der Waals surface area contributed by atoms with E-state index in [0.29, 0.717) is 6.10 Å². The van der Waals surface area contributed by atoms with Crippen molar-refractivity contribution >= 4 is 8.32 Å². The smallest absolute Gasteiger partial charge is 0.195 e. The van der Waals surface area contributed by atoms with Crippen LogP contribution in [0.15, 0.2) is 0 Å². The van der Waals surface area contributed by atoms with Crippen LogP contribution in [0.25, 0.3) is 0 Å². The maximum Gasteiger partial charge on any atom is 0.195 e. The maximum absolute atomic E-state index is 5.92. The van der Waals surface area contributed by atoms with Crippen LogP contribution in [-0.2, 0) is 9.16 Å². The van der Waals surface area contributed by atoms with E-state index in [0.717, 1.165) is 13.2 Å². The van der Waals surface area contributed by atoms with Crippen LogP contribution in [0.1, 0.15) is 20.8 Å². The molecule has 1 fully saturated rings. The van der Waals surface area contributed by atoms with Crippen LogP contribution < -0.4 is 0 Å². The Balaban J connectivity index is 2.41. The molecule has 1 aliphatic heterocycles. The van der Waals surface area contributed by atoms with E-state index in [4.69, 9.17) is 9.16 Å². The van der Waals surface area contributed by atoms with E-state index in [-0.39, 0.29) is 0 Å². The Kier molecular flexibility index (Phi) is 3.74. The molecular weight excluding hydrogens is 168 g/mol. The van der Waals surface area contributed by atoms with Crippen molar-refractivity contribution in [3.05, 3.63) is 0 Å². The molecule has 0 amide bonds. The Morgan fingerprint density at radius 1 is 1.33 bits per heavy atom. The summed E-state index contributed by atoms with van der Waals surface area (Å²) < 4.78 is 11.5. The molecule has 12 heavy (non-hydrogen) atoms. The normalized spacial score (nSPS) is 27.8. The zero-order chi connectivity index (χ0) is 9.03. The van der Waals surface area contributed by atoms with Gasteiger partial charge in [-0.2, -0.15) is 0 Å². The van der Waals surface area contributed by atoms with Gasteiger partial charge in [-0.25, -0.2) is 0 Å². The lowest BCUT2D eigenvalue weighted by atomic mass is 10.4. The highest BCUT2D eigenvalue weighted by atomic mass is 28.4. The monoisotopic (exact) mass is 188 g/mol. The Morgan fingerprint density at radius 3 is 2.42 bits per heavy atom. The average molecular weight is 188 g/mol. The van der Waals surface area contributed by atoms with E-state index in [1.807, 2.05) is 0 Å². The molecule has 1 heterocycles. The van der Waals surface area contributed by atoms with Crippen LogP contribution in [0.4, 0.5) is 0 Å². The van der Waals surface area contributed by atoms with Gasteiger partial charge in [-0.1, -0.05) is 13.8 Å². The van der Waals surface area contributed by atoms with Gasteiger partial charge in [-0.3, -0.25) is 0 Å². The minimum Gasteiger partial charge on any atom is -0.414 e. The first-order chi connectivity index (χ1) is 5.76. The lowest BCUT2D eigenvalue weighted by Crippen LogP contribution is -2.31. The fourth-order valence-electron chi connectivity index (χ4n) is 1.89. The highest BCUT2D eigenvalue weighted by Gasteiger charge is 2.40. The summed E-state index contributed by atoms with van der Waals surface area (Å²) in [5.74, 6) is 0.